The van der Waals surface area contributed by atoms with Crippen molar-refractivity contribution in [1.29, 1.82) is 0 Å². The number of likely N-dealkylation sites (N-methyl/N-ethyl adjacent to an activating group) is 1. The molecule has 0 spiro atoms. The lowest BCUT2D eigenvalue weighted by Gasteiger charge is -2.16. The van der Waals surface area contributed by atoms with Crippen molar-refractivity contribution in [3.05, 3.63) is 34.3 Å². The van der Waals surface area contributed by atoms with Gasteiger partial charge in [-0.2, -0.15) is 4.31 Å². The van der Waals surface area contributed by atoms with Crippen LogP contribution in [0.5, 0.6) is 0 Å². The molecule has 0 aliphatic carbocycles. The number of nitrogens with zero attached hydrogens (tertiary/aromatic N) is 3. The average Bonchev–Trinajstić information content (AvgIpc) is 2.96. The molecule has 2 rings (SSSR count). The Bertz CT molecular complexity index is 819. The van der Waals surface area contributed by atoms with Crippen molar-refractivity contribution < 1.29 is 13.2 Å². The maximum Gasteiger partial charge on any atom is 0.243 e. The van der Waals surface area contributed by atoms with Gasteiger partial charge in [-0.3, -0.25) is 10.1 Å². The van der Waals surface area contributed by atoms with Crippen LogP contribution in [0.1, 0.15) is 24.8 Å². The molecule has 130 valence electrons. The Balaban J connectivity index is 2.03. The third-order valence-electron chi connectivity index (χ3n) is 3.07. The normalized spacial score (nSPS) is 11.9. The van der Waals surface area contributed by atoms with Gasteiger partial charge in [-0.05, 0) is 24.3 Å². The molecule has 1 aromatic carbocycles. The van der Waals surface area contributed by atoms with Gasteiger partial charge < -0.3 is 0 Å². The molecule has 0 bridgehead atoms. The Labute approximate surface area is 149 Å². The Morgan fingerprint density at radius 2 is 1.92 bits per heavy atom. The fourth-order valence-corrected chi connectivity index (χ4v) is 3.77. The lowest BCUT2D eigenvalue weighted by Crippen LogP contribution is -2.34. The number of halogens is 1. The molecule has 0 saturated heterocycles. The van der Waals surface area contributed by atoms with E-state index < -0.39 is 15.9 Å². The Hall–Kier alpha value is -1.55. The number of hydrogen-bond acceptors (Lipinski definition) is 6. The van der Waals surface area contributed by atoms with Crippen LogP contribution in [0.2, 0.25) is 5.02 Å². The Morgan fingerprint density at radius 3 is 2.46 bits per heavy atom. The summed E-state index contributed by atoms with van der Waals surface area (Å²) >= 11 is 7.02. The predicted molar refractivity (Wildman–Crippen MR) is 93.9 cm³/mol. The number of aromatic nitrogens is 2. The molecule has 24 heavy (non-hydrogen) atoms. The molecular weight excluding hydrogens is 372 g/mol. The molecule has 0 saturated carbocycles. The van der Waals surface area contributed by atoms with Crippen LogP contribution in [-0.4, -0.2) is 42.4 Å². The van der Waals surface area contributed by atoms with Crippen LogP contribution in [0.25, 0.3) is 0 Å². The minimum absolute atomic E-state index is 0.0696. The first-order valence-electron chi connectivity index (χ1n) is 7.05. The van der Waals surface area contributed by atoms with Gasteiger partial charge in [0.25, 0.3) is 0 Å². The fourth-order valence-electron chi connectivity index (χ4n) is 1.75. The van der Waals surface area contributed by atoms with Crippen LogP contribution < -0.4 is 5.32 Å². The van der Waals surface area contributed by atoms with Gasteiger partial charge in [0.05, 0.1) is 11.4 Å². The van der Waals surface area contributed by atoms with E-state index in [1.54, 1.807) is 0 Å². The predicted octanol–water partition coefficient (Wildman–Crippen LogP) is 2.57. The maximum absolute atomic E-state index is 12.4. The van der Waals surface area contributed by atoms with Crippen molar-refractivity contribution in [2.75, 3.05) is 18.9 Å². The van der Waals surface area contributed by atoms with Crippen molar-refractivity contribution in [3.8, 4) is 0 Å². The molecule has 0 aliphatic heterocycles. The minimum Gasteiger partial charge on any atom is -0.299 e. The number of amides is 1. The van der Waals surface area contributed by atoms with E-state index in [2.05, 4.69) is 15.5 Å². The van der Waals surface area contributed by atoms with Gasteiger partial charge in [-0.1, -0.05) is 36.8 Å². The zero-order chi connectivity index (χ0) is 17.9. The summed E-state index contributed by atoms with van der Waals surface area (Å²) in [5, 5.41) is 12.0. The molecule has 2 aromatic rings. The largest absolute Gasteiger partial charge is 0.299 e. The lowest BCUT2D eigenvalue weighted by atomic mass is 10.2. The molecule has 1 N–H and O–H groups in total. The van der Waals surface area contributed by atoms with Crippen molar-refractivity contribution in [2.24, 2.45) is 0 Å². The van der Waals surface area contributed by atoms with Crippen LogP contribution in [0.4, 0.5) is 5.13 Å². The number of carbonyl (C=O) groups excluding carboxylic acids is 1. The van der Waals surface area contributed by atoms with Gasteiger partial charge >= 0.3 is 0 Å². The number of benzene rings is 1. The van der Waals surface area contributed by atoms with Gasteiger partial charge in [-0.15, -0.1) is 10.2 Å². The number of rotatable bonds is 6. The van der Waals surface area contributed by atoms with Crippen LogP contribution in [0, 0.1) is 0 Å². The van der Waals surface area contributed by atoms with E-state index in [0.717, 1.165) is 9.31 Å². The van der Waals surface area contributed by atoms with Gasteiger partial charge in [0.15, 0.2) is 0 Å². The summed E-state index contributed by atoms with van der Waals surface area (Å²) in [5.41, 5.74) is 0. The summed E-state index contributed by atoms with van der Waals surface area (Å²) in [4.78, 5) is 12.1. The summed E-state index contributed by atoms with van der Waals surface area (Å²) in [6.45, 7) is 3.61. The first-order valence-corrected chi connectivity index (χ1v) is 9.68. The first-order chi connectivity index (χ1) is 11.2. The summed E-state index contributed by atoms with van der Waals surface area (Å²) < 4.78 is 25.8. The van der Waals surface area contributed by atoms with E-state index in [1.165, 1.54) is 42.6 Å². The van der Waals surface area contributed by atoms with E-state index in [0.29, 0.717) is 10.2 Å². The van der Waals surface area contributed by atoms with Gasteiger partial charge in [0.2, 0.25) is 21.1 Å². The van der Waals surface area contributed by atoms with Crippen LogP contribution in [0.15, 0.2) is 29.2 Å². The topological polar surface area (TPSA) is 92.3 Å². The number of anilines is 1. The van der Waals surface area contributed by atoms with E-state index in [4.69, 9.17) is 11.6 Å². The molecule has 0 radical (unpaired) electrons. The standard InChI is InChI=1S/C14H17ClN4O3S2/c1-9(2)13-17-18-14(23-13)16-12(20)8-19(3)24(21,22)11-6-4-10(15)5-7-11/h4-7,9H,8H2,1-3H3,(H,16,18,20). The van der Waals surface area contributed by atoms with Gasteiger partial charge in [-0.25, -0.2) is 8.42 Å². The molecule has 0 fully saturated rings. The third-order valence-corrected chi connectivity index (χ3v) is 6.28. The highest BCUT2D eigenvalue weighted by molar-refractivity contribution is 7.89. The van der Waals surface area contributed by atoms with Crippen molar-refractivity contribution in [1.82, 2.24) is 14.5 Å². The van der Waals surface area contributed by atoms with E-state index in [1.807, 2.05) is 13.8 Å². The summed E-state index contributed by atoms with van der Waals surface area (Å²) in [5.74, 6) is -0.275. The minimum atomic E-state index is -3.77. The van der Waals surface area contributed by atoms with Crippen molar-refractivity contribution in [3.63, 3.8) is 0 Å². The molecule has 0 aliphatic rings. The maximum atomic E-state index is 12.4. The molecule has 7 nitrogen and oxygen atoms in total. The monoisotopic (exact) mass is 388 g/mol. The molecule has 0 unspecified atom stereocenters. The Kier molecular flexibility index (Phi) is 5.92. The second kappa shape index (κ2) is 7.56. The number of hydrogen-bond donors (Lipinski definition) is 1. The molecule has 10 heteroatoms. The lowest BCUT2D eigenvalue weighted by molar-refractivity contribution is -0.116. The zero-order valence-electron chi connectivity index (χ0n) is 13.4. The SMILES string of the molecule is CC(C)c1nnc(NC(=O)CN(C)S(=O)(=O)c2ccc(Cl)cc2)s1. The molecule has 1 heterocycles. The molecule has 1 aromatic heterocycles. The fraction of sp³-hybridized carbons (Fsp3) is 0.357. The average molecular weight is 389 g/mol. The molecule has 1 amide bonds. The highest BCUT2D eigenvalue weighted by Crippen LogP contribution is 2.22. The van der Waals surface area contributed by atoms with Crippen LogP contribution in [0.3, 0.4) is 0 Å². The quantitative estimate of drug-likeness (QED) is 0.820. The molecule has 0 atom stereocenters. The van der Waals surface area contributed by atoms with Crippen LogP contribution in [-0.2, 0) is 14.8 Å². The first kappa shape index (κ1) is 18.8. The summed E-state index contributed by atoms with van der Waals surface area (Å²) in [7, 11) is -2.43. The van der Waals surface area contributed by atoms with Crippen molar-refractivity contribution >= 4 is 44.0 Å². The number of nitrogens with one attached hydrogen (secondary N) is 1. The summed E-state index contributed by atoms with van der Waals surface area (Å²) in [6.07, 6.45) is 0. The highest BCUT2D eigenvalue weighted by Gasteiger charge is 2.23. The molecular formula is C14H17ClN4O3S2. The zero-order valence-corrected chi connectivity index (χ0v) is 15.7. The highest BCUT2D eigenvalue weighted by atomic mass is 35.5. The second-order valence-electron chi connectivity index (χ2n) is 5.36. The van der Waals surface area contributed by atoms with E-state index >= 15 is 0 Å². The van der Waals surface area contributed by atoms with Crippen LogP contribution >= 0.6 is 22.9 Å². The second-order valence-corrected chi connectivity index (χ2v) is 8.85. The number of sulfonamides is 1. The van der Waals surface area contributed by atoms with Crippen molar-refractivity contribution in [2.45, 2.75) is 24.7 Å². The number of carbonyl (C=O) groups is 1. The summed E-state index contributed by atoms with van der Waals surface area (Å²) in [6, 6.07) is 5.76. The smallest absolute Gasteiger partial charge is 0.243 e. The van der Waals surface area contributed by atoms with Gasteiger partial charge in [0, 0.05) is 18.0 Å². The Morgan fingerprint density at radius 1 is 1.29 bits per heavy atom. The third kappa shape index (κ3) is 4.50. The van der Waals surface area contributed by atoms with E-state index in [-0.39, 0.29) is 17.4 Å². The van der Waals surface area contributed by atoms with E-state index in [9.17, 15) is 13.2 Å². The van der Waals surface area contributed by atoms with Gasteiger partial charge in [0.1, 0.15) is 5.01 Å².